The van der Waals surface area contributed by atoms with E-state index in [4.69, 9.17) is 9.84 Å². The van der Waals surface area contributed by atoms with Crippen molar-refractivity contribution in [2.75, 3.05) is 0 Å². The molecule has 1 aromatic heterocycles. The SMILES string of the molecule is O=C(O)c1cc(F)ccc1Oc1ncc([N+](=O)[O-])cn1. The Kier molecular flexibility index (Phi) is 3.51. The molecule has 0 aliphatic heterocycles. The quantitative estimate of drug-likeness (QED) is 0.672. The van der Waals surface area contributed by atoms with Gasteiger partial charge in [-0.3, -0.25) is 10.1 Å². The number of rotatable bonds is 4. The molecule has 1 N–H and O–H groups in total. The number of aromatic carboxylic acids is 1. The highest BCUT2D eigenvalue weighted by Gasteiger charge is 2.15. The molecular formula is C11H6FN3O5. The Morgan fingerprint density at radius 2 is 2.00 bits per heavy atom. The number of aromatic nitrogens is 2. The smallest absolute Gasteiger partial charge is 0.339 e. The Morgan fingerprint density at radius 1 is 1.35 bits per heavy atom. The zero-order valence-electron chi connectivity index (χ0n) is 9.69. The van der Waals surface area contributed by atoms with Gasteiger partial charge < -0.3 is 9.84 Å². The summed E-state index contributed by atoms with van der Waals surface area (Å²) in [5.74, 6) is -2.30. The van der Waals surface area contributed by atoms with Crippen molar-refractivity contribution in [1.82, 2.24) is 9.97 Å². The van der Waals surface area contributed by atoms with Crippen molar-refractivity contribution in [2.45, 2.75) is 0 Å². The normalized spacial score (nSPS) is 10.1. The molecule has 0 aliphatic carbocycles. The van der Waals surface area contributed by atoms with Gasteiger partial charge in [-0.2, -0.15) is 9.97 Å². The summed E-state index contributed by atoms with van der Waals surface area (Å²) < 4.78 is 18.0. The molecule has 0 fully saturated rings. The minimum Gasteiger partial charge on any atom is -0.478 e. The molecule has 0 atom stereocenters. The van der Waals surface area contributed by atoms with E-state index in [1.165, 1.54) is 0 Å². The van der Waals surface area contributed by atoms with Crippen molar-refractivity contribution >= 4 is 11.7 Å². The molecule has 2 rings (SSSR count). The zero-order valence-corrected chi connectivity index (χ0v) is 9.69. The van der Waals surface area contributed by atoms with Gasteiger partial charge in [0, 0.05) is 0 Å². The van der Waals surface area contributed by atoms with Crippen LogP contribution < -0.4 is 4.74 Å². The summed E-state index contributed by atoms with van der Waals surface area (Å²) in [6.07, 6.45) is 1.82. The fraction of sp³-hybridized carbons (Fsp3) is 0. The maximum Gasteiger partial charge on any atom is 0.339 e. The number of benzene rings is 1. The lowest BCUT2D eigenvalue weighted by atomic mass is 10.2. The molecule has 0 unspecified atom stereocenters. The molecule has 102 valence electrons. The summed E-state index contributed by atoms with van der Waals surface area (Å²) in [6, 6.07) is 2.60. The van der Waals surface area contributed by atoms with E-state index < -0.39 is 22.3 Å². The van der Waals surface area contributed by atoms with E-state index in [1.54, 1.807) is 0 Å². The number of carboxylic acid groups (broad SMARTS) is 1. The second-order valence-corrected chi connectivity index (χ2v) is 3.53. The topological polar surface area (TPSA) is 115 Å². The molecule has 9 heteroatoms. The molecular weight excluding hydrogens is 273 g/mol. The van der Waals surface area contributed by atoms with E-state index in [9.17, 15) is 19.3 Å². The third kappa shape index (κ3) is 2.83. The monoisotopic (exact) mass is 279 g/mol. The van der Waals surface area contributed by atoms with Crippen LogP contribution >= 0.6 is 0 Å². The number of hydrogen-bond acceptors (Lipinski definition) is 6. The van der Waals surface area contributed by atoms with E-state index in [0.29, 0.717) is 0 Å². The number of carbonyl (C=O) groups is 1. The number of hydrogen-bond donors (Lipinski definition) is 1. The molecule has 0 radical (unpaired) electrons. The average Bonchev–Trinajstić information content (AvgIpc) is 2.41. The molecule has 20 heavy (non-hydrogen) atoms. The first kappa shape index (κ1) is 13.3. The highest BCUT2D eigenvalue weighted by Crippen LogP contribution is 2.24. The molecule has 0 aliphatic rings. The summed E-state index contributed by atoms with van der Waals surface area (Å²) in [5.41, 5.74) is -0.748. The molecule has 0 bridgehead atoms. The number of nitro groups is 1. The predicted octanol–water partition coefficient (Wildman–Crippen LogP) is 2.01. The van der Waals surface area contributed by atoms with Gasteiger partial charge in [-0.1, -0.05) is 0 Å². The lowest BCUT2D eigenvalue weighted by Gasteiger charge is -2.06. The molecule has 2 aromatic rings. The fourth-order valence-electron chi connectivity index (χ4n) is 1.31. The molecule has 0 saturated heterocycles. The van der Waals surface area contributed by atoms with Gasteiger partial charge in [-0.15, -0.1) is 0 Å². The number of ether oxygens (including phenoxy) is 1. The van der Waals surface area contributed by atoms with Crippen LogP contribution in [0.2, 0.25) is 0 Å². The van der Waals surface area contributed by atoms with Crippen LogP contribution in [-0.2, 0) is 0 Å². The number of halogens is 1. The fourth-order valence-corrected chi connectivity index (χ4v) is 1.31. The van der Waals surface area contributed by atoms with Crippen molar-refractivity contribution in [3.05, 3.63) is 52.1 Å². The number of carboxylic acids is 1. The van der Waals surface area contributed by atoms with Crippen LogP contribution in [0.5, 0.6) is 11.8 Å². The molecule has 0 spiro atoms. The van der Waals surface area contributed by atoms with Crippen LogP contribution in [0.4, 0.5) is 10.1 Å². The standard InChI is InChI=1S/C11H6FN3O5/c12-6-1-2-9(8(3-6)10(16)17)20-11-13-4-7(5-14-11)15(18)19/h1-5H,(H,16,17). The van der Waals surface area contributed by atoms with E-state index in [2.05, 4.69) is 9.97 Å². The van der Waals surface area contributed by atoms with Gasteiger partial charge in [0.05, 0.1) is 4.92 Å². The third-order valence-corrected chi connectivity index (χ3v) is 2.20. The summed E-state index contributed by atoms with van der Waals surface area (Å²) >= 11 is 0. The Balaban J connectivity index is 2.30. The van der Waals surface area contributed by atoms with Gasteiger partial charge in [-0.05, 0) is 18.2 Å². The van der Waals surface area contributed by atoms with Gasteiger partial charge >= 0.3 is 17.7 Å². The van der Waals surface area contributed by atoms with E-state index in [1.807, 2.05) is 0 Å². The first-order valence-electron chi connectivity index (χ1n) is 5.14. The highest BCUT2D eigenvalue weighted by atomic mass is 19.1. The lowest BCUT2D eigenvalue weighted by Crippen LogP contribution is -2.02. The Hall–Kier alpha value is -3.10. The van der Waals surface area contributed by atoms with Gasteiger partial charge in [0.1, 0.15) is 29.5 Å². The maximum atomic E-state index is 13.0. The van der Waals surface area contributed by atoms with Crippen molar-refractivity contribution in [3.63, 3.8) is 0 Å². The van der Waals surface area contributed by atoms with E-state index in [-0.39, 0.29) is 17.4 Å². The molecule has 1 heterocycles. The highest BCUT2D eigenvalue weighted by molar-refractivity contribution is 5.90. The summed E-state index contributed by atoms with van der Waals surface area (Å²) in [4.78, 5) is 27.8. The van der Waals surface area contributed by atoms with Crippen molar-refractivity contribution < 1.29 is 24.0 Å². The Morgan fingerprint density at radius 3 is 2.55 bits per heavy atom. The number of nitrogens with zero attached hydrogens (tertiary/aromatic N) is 3. The summed E-state index contributed by atoms with van der Waals surface area (Å²) in [6.45, 7) is 0. The van der Waals surface area contributed by atoms with Crippen LogP contribution in [0.25, 0.3) is 0 Å². The predicted molar refractivity (Wildman–Crippen MR) is 62.1 cm³/mol. The largest absolute Gasteiger partial charge is 0.478 e. The zero-order chi connectivity index (χ0) is 14.7. The van der Waals surface area contributed by atoms with Gasteiger partial charge in [0.2, 0.25) is 0 Å². The third-order valence-electron chi connectivity index (χ3n) is 2.20. The molecule has 0 amide bonds. The molecule has 1 aromatic carbocycles. The minimum absolute atomic E-state index is 0.173. The Bertz CT molecular complexity index is 674. The minimum atomic E-state index is -1.39. The van der Waals surface area contributed by atoms with Crippen LogP contribution in [-0.4, -0.2) is 26.0 Å². The van der Waals surface area contributed by atoms with Crippen LogP contribution in [0.15, 0.2) is 30.6 Å². The van der Waals surface area contributed by atoms with Gasteiger partial charge in [0.15, 0.2) is 0 Å². The van der Waals surface area contributed by atoms with Gasteiger partial charge in [0.25, 0.3) is 0 Å². The molecule has 8 nitrogen and oxygen atoms in total. The van der Waals surface area contributed by atoms with Gasteiger partial charge in [-0.25, -0.2) is 9.18 Å². The maximum absolute atomic E-state index is 13.0. The second-order valence-electron chi connectivity index (χ2n) is 3.53. The average molecular weight is 279 g/mol. The summed E-state index contributed by atoms with van der Waals surface area (Å²) in [7, 11) is 0. The van der Waals surface area contributed by atoms with E-state index >= 15 is 0 Å². The first-order chi connectivity index (χ1) is 9.47. The van der Waals surface area contributed by atoms with Crippen molar-refractivity contribution in [1.29, 1.82) is 0 Å². The van der Waals surface area contributed by atoms with Crippen molar-refractivity contribution in [2.24, 2.45) is 0 Å². The first-order valence-corrected chi connectivity index (χ1v) is 5.14. The van der Waals surface area contributed by atoms with Crippen molar-refractivity contribution in [3.8, 4) is 11.8 Å². The Labute approximate surface area is 110 Å². The molecule has 0 saturated carbocycles. The van der Waals surface area contributed by atoms with Crippen LogP contribution in [0.3, 0.4) is 0 Å². The summed E-state index contributed by atoms with van der Waals surface area (Å²) in [5, 5.41) is 19.3. The van der Waals surface area contributed by atoms with Crippen LogP contribution in [0.1, 0.15) is 10.4 Å². The lowest BCUT2D eigenvalue weighted by molar-refractivity contribution is -0.385. The second kappa shape index (κ2) is 5.26. The van der Waals surface area contributed by atoms with E-state index in [0.717, 1.165) is 30.6 Å². The van der Waals surface area contributed by atoms with Crippen LogP contribution in [0, 0.1) is 15.9 Å².